The van der Waals surface area contributed by atoms with Crippen molar-refractivity contribution in [3.8, 4) is 0 Å². The minimum absolute atomic E-state index is 0.0296. The Balaban J connectivity index is 1.93. The number of aromatic carboxylic acids is 1. The first-order valence-corrected chi connectivity index (χ1v) is 8.86. The largest absolute Gasteiger partial charge is 0.478 e. The van der Waals surface area contributed by atoms with Gasteiger partial charge < -0.3 is 5.11 Å². The fourth-order valence-corrected chi connectivity index (χ4v) is 3.64. The second-order valence-electron chi connectivity index (χ2n) is 5.33. The van der Waals surface area contributed by atoms with Gasteiger partial charge in [-0.1, -0.05) is 17.7 Å². The summed E-state index contributed by atoms with van der Waals surface area (Å²) in [5, 5.41) is 10.7. The summed E-state index contributed by atoms with van der Waals surface area (Å²) in [7, 11) is -4.18. The van der Waals surface area contributed by atoms with Gasteiger partial charge in [0.05, 0.1) is 22.5 Å². The third kappa shape index (κ3) is 3.18. The number of nitrogens with zero attached hydrogens (tertiary/aromatic N) is 3. The number of carboxylic acids is 1. The second kappa shape index (κ2) is 6.06. The predicted molar refractivity (Wildman–Crippen MR) is 92.7 cm³/mol. The summed E-state index contributed by atoms with van der Waals surface area (Å²) in [6, 6.07) is 4.07. The van der Waals surface area contributed by atoms with Crippen molar-refractivity contribution in [2.24, 2.45) is 4.99 Å². The summed E-state index contributed by atoms with van der Waals surface area (Å²) in [5.41, 5.74) is 3.66. The van der Waals surface area contributed by atoms with Gasteiger partial charge in [-0.25, -0.2) is 14.8 Å². The molecular formula is C14H14ClN5O4S. The van der Waals surface area contributed by atoms with Crippen molar-refractivity contribution >= 4 is 39.2 Å². The van der Waals surface area contributed by atoms with Crippen LogP contribution in [0.2, 0.25) is 5.02 Å². The number of nitrogens with one attached hydrogen (secondary N) is 2. The lowest BCUT2D eigenvalue weighted by Crippen LogP contribution is -2.45. The molecule has 0 bridgehead atoms. The number of hydrogen-bond donors (Lipinski definition) is 3. The van der Waals surface area contributed by atoms with Gasteiger partial charge in [0.25, 0.3) is 0 Å². The lowest BCUT2D eigenvalue weighted by atomic mass is 10.2. The van der Waals surface area contributed by atoms with Crippen molar-refractivity contribution in [3.05, 3.63) is 52.6 Å². The van der Waals surface area contributed by atoms with Crippen LogP contribution in [0, 0.1) is 0 Å². The number of anilines is 1. The number of allylic oxidation sites excluding steroid dienone is 2. The van der Waals surface area contributed by atoms with Crippen LogP contribution in [0.3, 0.4) is 0 Å². The SMILES string of the molecule is CC1=CC(C)=NC2=CN(S(=O)(=O)Nc3c(Cl)cccc3C(=O)O)NN12. The summed E-state index contributed by atoms with van der Waals surface area (Å²) >= 11 is 5.96. The van der Waals surface area contributed by atoms with E-state index in [0.29, 0.717) is 5.82 Å². The summed E-state index contributed by atoms with van der Waals surface area (Å²) in [6.07, 6.45) is 3.06. The molecule has 11 heteroatoms. The van der Waals surface area contributed by atoms with Crippen LogP contribution in [-0.4, -0.2) is 34.6 Å². The minimum atomic E-state index is -4.18. The molecule has 1 aromatic rings. The normalized spacial score (nSPS) is 16.8. The van der Waals surface area contributed by atoms with E-state index in [9.17, 15) is 18.3 Å². The number of rotatable bonds is 4. The fraction of sp³-hybridized carbons (Fsp3) is 0.143. The molecular weight excluding hydrogens is 370 g/mol. The standard InChI is InChI=1S/C14H14ClN5O4S/c1-8-6-9(2)20-12(16-8)7-19(18-20)25(23,24)17-13-10(14(21)22)4-3-5-11(13)15/h3-7,17-18H,1-2H3,(H,21,22). The molecule has 9 nitrogen and oxygen atoms in total. The maximum absolute atomic E-state index is 12.6. The maximum Gasteiger partial charge on any atom is 0.338 e. The van der Waals surface area contributed by atoms with Crippen molar-refractivity contribution in [3.63, 3.8) is 0 Å². The monoisotopic (exact) mass is 383 g/mol. The molecule has 3 rings (SSSR count). The van der Waals surface area contributed by atoms with Gasteiger partial charge in [-0.2, -0.15) is 12.8 Å². The van der Waals surface area contributed by atoms with Crippen LogP contribution in [0.15, 0.2) is 47.0 Å². The Hall–Kier alpha value is -2.56. The Morgan fingerprint density at radius 1 is 1.36 bits per heavy atom. The molecule has 3 N–H and O–H groups in total. The second-order valence-corrected chi connectivity index (χ2v) is 7.29. The molecule has 2 aliphatic heterocycles. The quantitative estimate of drug-likeness (QED) is 0.731. The first-order chi connectivity index (χ1) is 11.7. The average molecular weight is 384 g/mol. The number of para-hydroxylation sites is 1. The van der Waals surface area contributed by atoms with Gasteiger partial charge in [-0.3, -0.25) is 4.72 Å². The van der Waals surface area contributed by atoms with Gasteiger partial charge in [-0.05, 0) is 32.1 Å². The maximum atomic E-state index is 12.6. The van der Waals surface area contributed by atoms with Gasteiger partial charge in [0.1, 0.15) is 0 Å². The number of benzene rings is 1. The summed E-state index contributed by atoms with van der Waals surface area (Å²) in [6.45, 7) is 3.58. The van der Waals surface area contributed by atoms with Crippen LogP contribution in [0.1, 0.15) is 24.2 Å². The smallest absolute Gasteiger partial charge is 0.338 e. The van der Waals surface area contributed by atoms with E-state index in [0.717, 1.165) is 15.8 Å². The first kappa shape index (κ1) is 17.3. The van der Waals surface area contributed by atoms with Gasteiger partial charge in [0, 0.05) is 11.4 Å². The Morgan fingerprint density at radius 2 is 2.08 bits per heavy atom. The summed E-state index contributed by atoms with van der Waals surface area (Å²) < 4.78 is 28.2. The zero-order valence-electron chi connectivity index (χ0n) is 13.2. The van der Waals surface area contributed by atoms with E-state index in [1.54, 1.807) is 19.9 Å². The third-order valence-corrected chi connectivity index (χ3v) is 4.94. The Bertz CT molecular complexity index is 954. The van der Waals surface area contributed by atoms with Crippen LogP contribution in [0.5, 0.6) is 0 Å². The van der Waals surface area contributed by atoms with Gasteiger partial charge in [0.15, 0.2) is 5.82 Å². The van der Waals surface area contributed by atoms with Crippen LogP contribution < -0.4 is 10.3 Å². The van der Waals surface area contributed by atoms with Gasteiger partial charge in [-0.15, -0.1) is 5.53 Å². The lowest BCUT2D eigenvalue weighted by Gasteiger charge is -2.26. The van der Waals surface area contributed by atoms with E-state index in [-0.39, 0.29) is 16.3 Å². The highest BCUT2D eigenvalue weighted by Gasteiger charge is 2.32. The van der Waals surface area contributed by atoms with E-state index in [2.05, 4.69) is 15.2 Å². The Kier molecular flexibility index (Phi) is 4.19. The summed E-state index contributed by atoms with van der Waals surface area (Å²) in [4.78, 5) is 15.5. The number of carbonyl (C=O) groups is 1. The lowest BCUT2D eigenvalue weighted by molar-refractivity contribution is 0.0698. The van der Waals surface area contributed by atoms with Crippen molar-refractivity contribution in [1.29, 1.82) is 0 Å². The molecule has 1 aromatic carbocycles. The topological polar surface area (TPSA) is 114 Å². The van der Waals surface area contributed by atoms with Gasteiger partial charge in [0.2, 0.25) is 0 Å². The zero-order valence-corrected chi connectivity index (χ0v) is 14.8. The van der Waals surface area contributed by atoms with Crippen molar-refractivity contribution < 1.29 is 18.3 Å². The van der Waals surface area contributed by atoms with E-state index in [1.807, 2.05) is 0 Å². The number of aliphatic imine (C=N–C) groups is 1. The average Bonchev–Trinajstić information content (AvgIpc) is 2.94. The van der Waals surface area contributed by atoms with Crippen LogP contribution in [0.4, 0.5) is 5.69 Å². The molecule has 2 heterocycles. The molecule has 25 heavy (non-hydrogen) atoms. The number of hydrogen-bond acceptors (Lipinski definition) is 6. The fourth-order valence-electron chi connectivity index (χ4n) is 2.37. The number of fused-ring (bicyclic) bond motifs is 1. The molecule has 0 saturated carbocycles. The summed E-state index contributed by atoms with van der Waals surface area (Å²) in [5.74, 6) is -0.912. The zero-order chi connectivity index (χ0) is 18.4. The predicted octanol–water partition coefficient (Wildman–Crippen LogP) is 1.91. The Morgan fingerprint density at radius 3 is 2.76 bits per heavy atom. The molecule has 2 aliphatic rings. The molecule has 0 atom stereocenters. The molecule has 0 fully saturated rings. The minimum Gasteiger partial charge on any atom is -0.478 e. The molecule has 0 unspecified atom stereocenters. The highest BCUT2D eigenvalue weighted by Crippen LogP contribution is 2.29. The van der Waals surface area contributed by atoms with E-state index < -0.39 is 16.2 Å². The number of carboxylic acid groups (broad SMARTS) is 1. The first-order valence-electron chi connectivity index (χ1n) is 7.05. The van der Waals surface area contributed by atoms with Crippen LogP contribution >= 0.6 is 11.6 Å². The molecule has 132 valence electrons. The van der Waals surface area contributed by atoms with Crippen LogP contribution in [-0.2, 0) is 10.2 Å². The van der Waals surface area contributed by atoms with E-state index >= 15 is 0 Å². The number of halogens is 1. The highest BCUT2D eigenvalue weighted by molar-refractivity contribution is 7.90. The Labute approximate surface area is 149 Å². The van der Waals surface area contributed by atoms with Crippen molar-refractivity contribution in [1.82, 2.24) is 15.0 Å². The van der Waals surface area contributed by atoms with Crippen LogP contribution in [0.25, 0.3) is 0 Å². The van der Waals surface area contributed by atoms with E-state index in [1.165, 1.54) is 29.4 Å². The molecule has 0 aliphatic carbocycles. The van der Waals surface area contributed by atoms with Gasteiger partial charge >= 0.3 is 16.2 Å². The molecule has 0 aromatic heterocycles. The van der Waals surface area contributed by atoms with E-state index in [4.69, 9.17) is 11.6 Å². The highest BCUT2D eigenvalue weighted by atomic mass is 35.5. The third-order valence-electron chi connectivity index (χ3n) is 3.46. The molecule has 0 saturated heterocycles. The molecule has 0 amide bonds. The van der Waals surface area contributed by atoms with Crippen molar-refractivity contribution in [2.45, 2.75) is 13.8 Å². The van der Waals surface area contributed by atoms with Crippen molar-refractivity contribution in [2.75, 3.05) is 4.72 Å². The number of hydrazine groups is 2. The molecule has 0 radical (unpaired) electrons. The molecule has 0 spiro atoms.